The van der Waals surface area contributed by atoms with E-state index in [1.54, 1.807) is 0 Å². The molecule has 0 spiro atoms. The van der Waals surface area contributed by atoms with Crippen LogP contribution in [-0.2, 0) is 19.1 Å². The van der Waals surface area contributed by atoms with Crippen LogP contribution in [0.5, 0.6) is 0 Å². The number of rotatable bonds is 1. The van der Waals surface area contributed by atoms with Gasteiger partial charge in [0.05, 0.1) is 26.4 Å². The van der Waals surface area contributed by atoms with E-state index in [1.807, 2.05) is 0 Å². The summed E-state index contributed by atoms with van der Waals surface area (Å²) in [7, 11) is 0. The van der Waals surface area contributed by atoms with E-state index in [-0.39, 0.29) is 25.2 Å². The fourth-order valence-electron chi connectivity index (χ4n) is 1.11. The van der Waals surface area contributed by atoms with Crippen LogP contribution in [0.15, 0.2) is 0 Å². The second-order valence-electron chi connectivity index (χ2n) is 3.45. The SMILES string of the molecule is O=C1CCCCC(=O)OCCCO1.OCCO. The van der Waals surface area contributed by atoms with Gasteiger partial charge in [-0.15, -0.1) is 0 Å². The quantitative estimate of drug-likeness (QED) is 0.635. The highest BCUT2D eigenvalue weighted by atomic mass is 16.5. The van der Waals surface area contributed by atoms with Crippen molar-refractivity contribution in [2.45, 2.75) is 32.1 Å². The van der Waals surface area contributed by atoms with E-state index >= 15 is 0 Å². The maximum Gasteiger partial charge on any atom is 0.305 e. The first kappa shape index (κ1) is 15.9. The molecule has 0 aliphatic carbocycles. The lowest BCUT2D eigenvalue weighted by Gasteiger charge is -2.02. The minimum Gasteiger partial charge on any atom is -0.466 e. The summed E-state index contributed by atoms with van der Waals surface area (Å²) in [6, 6.07) is 0. The molecule has 100 valence electrons. The molecule has 6 nitrogen and oxygen atoms in total. The molecule has 0 aromatic rings. The molecular weight excluding hydrogens is 228 g/mol. The van der Waals surface area contributed by atoms with Gasteiger partial charge in [-0.25, -0.2) is 0 Å². The lowest BCUT2D eigenvalue weighted by atomic mass is 10.2. The number of esters is 2. The van der Waals surface area contributed by atoms with E-state index < -0.39 is 0 Å². The van der Waals surface area contributed by atoms with Crippen molar-refractivity contribution >= 4 is 11.9 Å². The van der Waals surface area contributed by atoms with E-state index in [1.165, 1.54) is 0 Å². The van der Waals surface area contributed by atoms with Gasteiger partial charge in [-0.05, 0) is 12.8 Å². The number of hydrogen-bond donors (Lipinski definition) is 2. The molecule has 0 aromatic heterocycles. The molecule has 0 radical (unpaired) electrons. The molecule has 2 N–H and O–H groups in total. The van der Waals surface area contributed by atoms with Crippen LogP contribution >= 0.6 is 0 Å². The smallest absolute Gasteiger partial charge is 0.305 e. The Labute approximate surface area is 101 Å². The highest BCUT2D eigenvalue weighted by Gasteiger charge is 2.08. The van der Waals surface area contributed by atoms with E-state index in [2.05, 4.69) is 0 Å². The third-order valence-electron chi connectivity index (χ3n) is 1.93. The van der Waals surface area contributed by atoms with Gasteiger partial charge in [-0.1, -0.05) is 0 Å². The number of ether oxygens (including phenoxy) is 2. The normalized spacial score (nSPS) is 18.0. The zero-order chi connectivity index (χ0) is 12.9. The molecule has 6 heteroatoms. The topological polar surface area (TPSA) is 93.1 Å². The number of carbonyl (C=O) groups excluding carboxylic acids is 2. The molecule has 1 heterocycles. The number of aliphatic hydroxyl groups is 2. The van der Waals surface area contributed by atoms with Gasteiger partial charge >= 0.3 is 11.9 Å². The summed E-state index contributed by atoms with van der Waals surface area (Å²) in [6.45, 7) is 0.457. The first-order chi connectivity index (χ1) is 8.20. The van der Waals surface area contributed by atoms with Crippen LogP contribution < -0.4 is 0 Å². The average molecular weight is 248 g/mol. The third-order valence-corrected chi connectivity index (χ3v) is 1.93. The summed E-state index contributed by atoms with van der Waals surface area (Å²) in [5.74, 6) is -0.344. The summed E-state index contributed by atoms with van der Waals surface area (Å²) in [5.41, 5.74) is 0. The summed E-state index contributed by atoms with van der Waals surface area (Å²) in [5, 5.41) is 15.2. The largest absolute Gasteiger partial charge is 0.466 e. The monoisotopic (exact) mass is 248 g/mol. The van der Waals surface area contributed by atoms with E-state index in [0.29, 0.717) is 45.3 Å². The zero-order valence-corrected chi connectivity index (χ0v) is 9.89. The van der Waals surface area contributed by atoms with E-state index in [0.717, 1.165) is 0 Å². The first-order valence-electron chi connectivity index (χ1n) is 5.73. The van der Waals surface area contributed by atoms with Crippen LogP contribution in [0.4, 0.5) is 0 Å². The molecule has 17 heavy (non-hydrogen) atoms. The standard InChI is InChI=1S/C9H14O4.C2H6O2/c10-8-4-1-2-5-9(11)13-7-3-6-12-8;3-1-2-4/h1-7H2;3-4H,1-2H2. The number of aliphatic hydroxyl groups excluding tert-OH is 2. The predicted octanol–water partition coefficient (Wildman–Crippen LogP) is 0.00790. The van der Waals surface area contributed by atoms with Crippen molar-refractivity contribution in [3.8, 4) is 0 Å². The van der Waals surface area contributed by atoms with Gasteiger partial charge in [-0.2, -0.15) is 0 Å². The Balaban J connectivity index is 0.000000557. The Morgan fingerprint density at radius 2 is 1.24 bits per heavy atom. The van der Waals surface area contributed by atoms with Gasteiger partial charge in [0, 0.05) is 19.3 Å². The van der Waals surface area contributed by atoms with Crippen LogP contribution in [-0.4, -0.2) is 48.6 Å². The highest BCUT2D eigenvalue weighted by Crippen LogP contribution is 2.05. The van der Waals surface area contributed by atoms with Crippen LogP contribution in [0, 0.1) is 0 Å². The molecule has 1 rings (SSSR count). The first-order valence-corrected chi connectivity index (χ1v) is 5.73. The Morgan fingerprint density at radius 1 is 0.824 bits per heavy atom. The molecule has 0 aromatic carbocycles. The third kappa shape index (κ3) is 11.1. The molecule has 0 unspecified atom stereocenters. The minimum atomic E-state index is -0.172. The maximum absolute atomic E-state index is 10.9. The Bertz CT molecular complexity index is 194. The van der Waals surface area contributed by atoms with E-state index in [9.17, 15) is 9.59 Å². The molecule has 1 aliphatic rings. The predicted molar refractivity (Wildman–Crippen MR) is 59.2 cm³/mol. The van der Waals surface area contributed by atoms with Crippen molar-refractivity contribution in [1.29, 1.82) is 0 Å². The van der Waals surface area contributed by atoms with Crippen molar-refractivity contribution in [3.05, 3.63) is 0 Å². The van der Waals surface area contributed by atoms with Gasteiger partial charge in [0.1, 0.15) is 0 Å². The van der Waals surface area contributed by atoms with Gasteiger partial charge in [-0.3, -0.25) is 9.59 Å². The Kier molecular flexibility index (Phi) is 10.6. The second-order valence-corrected chi connectivity index (χ2v) is 3.45. The van der Waals surface area contributed by atoms with Crippen molar-refractivity contribution in [3.63, 3.8) is 0 Å². The van der Waals surface area contributed by atoms with Crippen molar-refractivity contribution in [2.75, 3.05) is 26.4 Å². The maximum atomic E-state index is 10.9. The molecule has 0 amide bonds. The summed E-state index contributed by atoms with van der Waals surface area (Å²) < 4.78 is 9.76. The zero-order valence-electron chi connectivity index (χ0n) is 9.89. The van der Waals surface area contributed by atoms with Gasteiger partial charge in [0.15, 0.2) is 0 Å². The molecule has 0 atom stereocenters. The minimum absolute atomic E-state index is 0.125. The Hall–Kier alpha value is -1.14. The molecule has 1 aliphatic heterocycles. The lowest BCUT2D eigenvalue weighted by molar-refractivity contribution is -0.145. The highest BCUT2D eigenvalue weighted by molar-refractivity contribution is 5.70. The van der Waals surface area contributed by atoms with Crippen LogP contribution in [0.1, 0.15) is 32.1 Å². The second kappa shape index (κ2) is 11.3. The molecule has 1 saturated heterocycles. The molecule has 0 saturated carbocycles. The fraction of sp³-hybridized carbons (Fsp3) is 0.818. The molecule has 1 fully saturated rings. The van der Waals surface area contributed by atoms with Crippen LogP contribution in [0.25, 0.3) is 0 Å². The van der Waals surface area contributed by atoms with Crippen molar-refractivity contribution in [2.24, 2.45) is 0 Å². The molecule has 0 bridgehead atoms. The summed E-state index contributed by atoms with van der Waals surface area (Å²) in [6.07, 6.45) is 2.82. The summed E-state index contributed by atoms with van der Waals surface area (Å²) in [4.78, 5) is 21.9. The Morgan fingerprint density at radius 3 is 1.59 bits per heavy atom. The number of hydrogen-bond acceptors (Lipinski definition) is 6. The molecular formula is C11H20O6. The fourth-order valence-corrected chi connectivity index (χ4v) is 1.11. The van der Waals surface area contributed by atoms with Gasteiger partial charge in [0.25, 0.3) is 0 Å². The number of carbonyl (C=O) groups is 2. The number of cyclic esters (lactones) is 2. The lowest BCUT2D eigenvalue weighted by Crippen LogP contribution is -2.08. The average Bonchev–Trinajstić information content (AvgIpc) is 2.37. The van der Waals surface area contributed by atoms with Crippen molar-refractivity contribution < 1.29 is 29.3 Å². The van der Waals surface area contributed by atoms with Crippen molar-refractivity contribution in [1.82, 2.24) is 0 Å². The van der Waals surface area contributed by atoms with Gasteiger partial charge in [0.2, 0.25) is 0 Å². The summed E-state index contributed by atoms with van der Waals surface area (Å²) >= 11 is 0. The van der Waals surface area contributed by atoms with Crippen LogP contribution in [0.3, 0.4) is 0 Å². The van der Waals surface area contributed by atoms with Crippen LogP contribution in [0.2, 0.25) is 0 Å². The van der Waals surface area contributed by atoms with E-state index in [4.69, 9.17) is 19.7 Å². The van der Waals surface area contributed by atoms with Gasteiger partial charge < -0.3 is 19.7 Å².